The molecule has 2 nitrogen and oxygen atoms in total. The quantitative estimate of drug-likeness (QED) is 0.179. The van der Waals surface area contributed by atoms with Gasteiger partial charge in [0.15, 0.2) is 0 Å². The smallest absolute Gasteiger partial charge is 0.0641 e. The molecule has 0 aliphatic heterocycles. The first-order valence-electron chi connectivity index (χ1n) is 18.0. The van der Waals surface area contributed by atoms with E-state index >= 15 is 0 Å². The molecule has 0 saturated carbocycles. The van der Waals surface area contributed by atoms with Gasteiger partial charge in [-0.25, -0.2) is 0 Å². The van der Waals surface area contributed by atoms with Gasteiger partial charge < -0.3 is 9.13 Å². The third-order valence-electron chi connectivity index (χ3n) is 11.4. The van der Waals surface area contributed by atoms with Crippen molar-refractivity contribution in [3.8, 4) is 44.8 Å². The van der Waals surface area contributed by atoms with Crippen LogP contribution in [-0.2, 0) is 0 Å². The van der Waals surface area contributed by atoms with Crippen molar-refractivity contribution >= 4 is 65.2 Å². The van der Waals surface area contributed by atoms with Gasteiger partial charge in [0.1, 0.15) is 0 Å². The topological polar surface area (TPSA) is 9.86 Å². The molecular weight excluding hydrogens is 629 g/mol. The SMILES string of the molecule is c1ccc(-n2c3c4ccccc4ccc3c3ccc4c(c5ccccc5n4-c4ccc(-c5ccc6c7c(cccc57)-c5ccccc5-6)cc4)c32)cc1. The lowest BCUT2D eigenvalue weighted by Crippen LogP contribution is -1.96. The fourth-order valence-electron chi connectivity index (χ4n) is 9.28. The van der Waals surface area contributed by atoms with E-state index in [1.807, 2.05) is 0 Å². The van der Waals surface area contributed by atoms with Crippen molar-refractivity contribution in [1.82, 2.24) is 9.13 Å². The number of para-hydroxylation sites is 2. The second-order valence-corrected chi connectivity index (χ2v) is 14.0. The normalized spacial score (nSPS) is 12.2. The van der Waals surface area contributed by atoms with Gasteiger partial charge in [0.2, 0.25) is 0 Å². The molecule has 0 radical (unpaired) electrons. The van der Waals surface area contributed by atoms with Crippen LogP contribution in [0.3, 0.4) is 0 Å². The van der Waals surface area contributed by atoms with Crippen molar-refractivity contribution in [3.63, 3.8) is 0 Å². The maximum absolute atomic E-state index is 2.50. The zero-order valence-electron chi connectivity index (χ0n) is 28.2. The van der Waals surface area contributed by atoms with Crippen LogP contribution in [-0.4, -0.2) is 9.13 Å². The highest BCUT2D eigenvalue weighted by atomic mass is 15.0. The molecule has 2 heterocycles. The lowest BCUT2D eigenvalue weighted by molar-refractivity contribution is 1.18. The molecule has 12 rings (SSSR count). The third kappa shape index (κ3) is 3.63. The Bertz CT molecular complexity index is 3240. The van der Waals surface area contributed by atoms with E-state index in [0.29, 0.717) is 0 Å². The highest BCUT2D eigenvalue weighted by Gasteiger charge is 2.24. The van der Waals surface area contributed by atoms with E-state index in [1.165, 1.54) is 104 Å². The van der Waals surface area contributed by atoms with Crippen LogP contribution in [0.2, 0.25) is 0 Å². The van der Waals surface area contributed by atoms with E-state index in [2.05, 4.69) is 191 Å². The Morgan fingerprint density at radius 1 is 0.269 bits per heavy atom. The molecule has 240 valence electrons. The number of rotatable bonds is 3. The lowest BCUT2D eigenvalue weighted by Gasteiger charge is -2.12. The first-order chi connectivity index (χ1) is 25.8. The molecule has 0 N–H and O–H groups in total. The number of benzene rings is 9. The molecular formula is C50H30N2. The summed E-state index contributed by atoms with van der Waals surface area (Å²) in [6.45, 7) is 0. The zero-order chi connectivity index (χ0) is 33.9. The fraction of sp³-hybridized carbons (Fsp3) is 0. The van der Waals surface area contributed by atoms with Crippen molar-refractivity contribution in [1.29, 1.82) is 0 Å². The molecule has 0 bridgehead atoms. The van der Waals surface area contributed by atoms with Crippen LogP contribution in [0.4, 0.5) is 0 Å². The van der Waals surface area contributed by atoms with Crippen LogP contribution >= 0.6 is 0 Å². The Balaban J connectivity index is 1.11. The van der Waals surface area contributed by atoms with Crippen LogP contribution in [0.25, 0.3) is 110 Å². The van der Waals surface area contributed by atoms with E-state index in [0.717, 1.165) is 5.69 Å². The molecule has 0 saturated heterocycles. The maximum atomic E-state index is 2.50. The summed E-state index contributed by atoms with van der Waals surface area (Å²) in [5.74, 6) is 0. The number of hydrogen-bond donors (Lipinski definition) is 0. The average molecular weight is 659 g/mol. The standard InChI is InChI=1S/C50H30N2/c1-2-12-33(13-3-1)52-49-36-14-5-4-11-31(36)23-26-42(49)43-29-30-46-48(50(43)52)44-17-8-9-20-45(44)51(46)34-24-21-32(22-25-34)35-27-28-41-38-16-7-6-15-37(38)40-19-10-18-39(35)47(40)41/h1-30H. The fourth-order valence-corrected chi connectivity index (χ4v) is 9.28. The minimum absolute atomic E-state index is 1.15. The van der Waals surface area contributed by atoms with Gasteiger partial charge in [0.05, 0.1) is 22.1 Å². The molecule has 1 aliphatic rings. The molecule has 0 atom stereocenters. The van der Waals surface area contributed by atoms with E-state index in [9.17, 15) is 0 Å². The van der Waals surface area contributed by atoms with Gasteiger partial charge >= 0.3 is 0 Å². The van der Waals surface area contributed by atoms with E-state index < -0.39 is 0 Å². The van der Waals surface area contributed by atoms with Crippen molar-refractivity contribution < 1.29 is 0 Å². The average Bonchev–Trinajstić information content (AvgIpc) is 3.85. The number of aromatic nitrogens is 2. The van der Waals surface area contributed by atoms with Crippen molar-refractivity contribution in [2.75, 3.05) is 0 Å². The van der Waals surface area contributed by atoms with E-state index in [-0.39, 0.29) is 0 Å². The highest BCUT2D eigenvalue weighted by Crippen LogP contribution is 2.49. The summed E-state index contributed by atoms with van der Waals surface area (Å²) >= 11 is 0. The van der Waals surface area contributed by atoms with Gasteiger partial charge in [-0.1, -0.05) is 146 Å². The van der Waals surface area contributed by atoms with Gasteiger partial charge in [0.25, 0.3) is 0 Å². The van der Waals surface area contributed by atoms with E-state index in [1.54, 1.807) is 0 Å². The summed E-state index contributed by atoms with van der Waals surface area (Å²) < 4.78 is 4.95. The summed E-state index contributed by atoms with van der Waals surface area (Å²) in [6, 6.07) is 67.1. The molecule has 11 aromatic rings. The first-order valence-corrected chi connectivity index (χ1v) is 18.0. The first kappa shape index (κ1) is 27.9. The molecule has 9 aromatic carbocycles. The molecule has 0 spiro atoms. The number of hydrogen-bond acceptors (Lipinski definition) is 0. The Kier molecular flexibility index (Phi) is 5.53. The predicted octanol–water partition coefficient (Wildman–Crippen LogP) is 13.5. The van der Waals surface area contributed by atoms with Crippen LogP contribution in [0, 0.1) is 0 Å². The van der Waals surface area contributed by atoms with Crippen molar-refractivity contribution in [2.24, 2.45) is 0 Å². The summed E-state index contributed by atoms with van der Waals surface area (Å²) in [4.78, 5) is 0. The second-order valence-electron chi connectivity index (χ2n) is 14.0. The summed E-state index contributed by atoms with van der Waals surface area (Å²) in [5.41, 5.74) is 15.0. The van der Waals surface area contributed by atoms with Gasteiger partial charge in [-0.15, -0.1) is 0 Å². The zero-order valence-corrected chi connectivity index (χ0v) is 28.2. The van der Waals surface area contributed by atoms with Gasteiger partial charge in [0, 0.05) is 38.3 Å². The highest BCUT2D eigenvalue weighted by molar-refractivity contribution is 6.29. The number of nitrogens with zero attached hydrogens (tertiary/aromatic N) is 2. The van der Waals surface area contributed by atoms with Gasteiger partial charge in [-0.2, -0.15) is 0 Å². The molecule has 52 heavy (non-hydrogen) atoms. The minimum atomic E-state index is 1.15. The molecule has 0 unspecified atom stereocenters. The summed E-state index contributed by atoms with van der Waals surface area (Å²) in [5, 5.41) is 10.2. The van der Waals surface area contributed by atoms with Crippen molar-refractivity contribution in [3.05, 3.63) is 182 Å². The van der Waals surface area contributed by atoms with Gasteiger partial charge in [-0.3, -0.25) is 0 Å². The molecule has 0 fully saturated rings. The Labute approximate surface area is 300 Å². The molecule has 2 aromatic heterocycles. The Morgan fingerprint density at radius 3 is 1.73 bits per heavy atom. The molecule has 2 heteroatoms. The largest absolute Gasteiger partial charge is 0.309 e. The van der Waals surface area contributed by atoms with Crippen molar-refractivity contribution in [2.45, 2.75) is 0 Å². The summed E-state index contributed by atoms with van der Waals surface area (Å²) in [6.07, 6.45) is 0. The maximum Gasteiger partial charge on any atom is 0.0641 e. The minimum Gasteiger partial charge on any atom is -0.309 e. The van der Waals surface area contributed by atoms with Crippen LogP contribution in [0.5, 0.6) is 0 Å². The lowest BCUT2D eigenvalue weighted by atomic mass is 9.94. The summed E-state index contributed by atoms with van der Waals surface area (Å²) in [7, 11) is 0. The van der Waals surface area contributed by atoms with Crippen LogP contribution in [0.15, 0.2) is 182 Å². The Morgan fingerprint density at radius 2 is 0.885 bits per heavy atom. The van der Waals surface area contributed by atoms with Crippen LogP contribution in [0.1, 0.15) is 0 Å². The number of fused-ring (bicyclic) bond motifs is 12. The van der Waals surface area contributed by atoms with E-state index in [4.69, 9.17) is 0 Å². The molecule has 1 aliphatic carbocycles. The monoisotopic (exact) mass is 658 g/mol. The predicted molar refractivity (Wildman–Crippen MR) is 220 cm³/mol. The second kappa shape index (κ2) is 10.3. The van der Waals surface area contributed by atoms with Gasteiger partial charge in [-0.05, 0) is 85.9 Å². The third-order valence-corrected chi connectivity index (χ3v) is 11.4. The molecule has 0 amide bonds. The van der Waals surface area contributed by atoms with Crippen LogP contribution < -0.4 is 0 Å². The Hall–Kier alpha value is -6.90.